The van der Waals surface area contributed by atoms with E-state index >= 15 is 0 Å². The standard InChI is InChI=1S/C13H11N3O/c14-8-10-3-5-12(6-4-10)16-7-1-2-11(9-16)13(15)17/h1,3-7,9H,2H2,(H2,15,17). The third-order valence-corrected chi connectivity index (χ3v) is 2.51. The third-order valence-electron chi connectivity index (χ3n) is 2.51. The number of carbonyl (C=O) groups excluding carboxylic acids is 1. The second-order valence-electron chi connectivity index (χ2n) is 3.67. The summed E-state index contributed by atoms with van der Waals surface area (Å²) in [7, 11) is 0. The Morgan fingerprint density at radius 3 is 2.65 bits per heavy atom. The van der Waals surface area contributed by atoms with Gasteiger partial charge in [-0.25, -0.2) is 0 Å². The largest absolute Gasteiger partial charge is 0.366 e. The molecule has 0 unspecified atom stereocenters. The van der Waals surface area contributed by atoms with E-state index in [4.69, 9.17) is 11.0 Å². The monoisotopic (exact) mass is 225 g/mol. The average Bonchev–Trinajstić information content (AvgIpc) is 2.39. The zero-order valence-electron chi connectivity index (χ0n) is 9.13. The van der Waals surface area contributed by atoms with Gasteiger partial charge in [-0.15, -0.1) is 0 Å². The molecule has 4 nitrogen and oxygen atoms in total. The molecular weight excluding hydrogens is 214 g/mol. The number of nitrogens with zero attached hydrogens (tertiary/aromatic N) is 2. The maximum absolute atomic E-state index is 11.1. The Bertz CT molecular complexity index is 535. The lowest BCUT2D eigenvalue weighted by atomic mass is 10.1. The van der Waals surface area contributed by atoms with E-state index in [-0.39, 0.29) is 0 Å². The Kier molecular flexibility index (Phi) is 2.93. The number of carbonyl (C=O) groups is 1. The van der Waals surface area contributed by atoms with Gasteiger partial charge in [0.2, 0.25) is 5.91 Å². The van der Waals surface area contributed by atoms with Gasteiger partial charge >= 0.3 is 0 Å². The van der Waals surface area contributed by atoms with Crippen LogP contribution in [0.25, 0.3) is 0 Å². The van der Waals surface area contributed by atoms with Crippen LogP contribution in [0.15, 0.2) is 48.3 Å². The fourth-order valence-electron chi connectivity index (χ4n) is 1.59. The lowest BCUT2D eigenvalue weighted by Crippen LogP contribution is -2.20. The minimum Gasteiger partial charge on any atom is -0.366 e. The van der Waals surface area contributed by atoms with Crippen LogP contribution in [0.5, 0.6) is 0 Å². The van der Waals surface area contributed by atoms with Crippen LogP contribution in [0.1, 0.15) is 12.0 Å². The van der Waals surface area contributed by atoms with Gasteiger partial charge in [0, 0.05) is 23.7 Å². The number of hydrogen-bond donors (Lipinski definition) is 1. The van der Waals surface area contributed by atoms with E-state index in [2.05, 4.69) is 6.07 Å². The maximum Gasteiger partial charge on any atom is 0.246 e. The fourth-order valence-corrected chi connectivity index (χ4v) is 1.59. The molecule has 0 atom stereocenters. The van der Waals surface area contributed by atoms with E-state index in [1.807, 2.05) is 29.3 Å². The van der Waals surface area contributed by atoms with Gasteiger partial charge in [-0.05, 0) is 30.7 Å². The number of rotatable bonds is 2. The van der Waals surface area contributed by atoms with Crippen LogP contribution in [0.2, 0.25) is 0 Å². The number of nitriles is 1. The van der Waals surface area contributed by atoms with Gasteiger partial charge in [-0.1, -0.05) is 6.08 Å². The third kappa shape index (κ3) is 2.34. The summed E-state index contributed by atoms with van der Waals surface area (Å²) in [5, 5.41) is 8.70. The molecule has 84 valence electrons. The normalized spacial score (nSPS) is 14.1. The Hall–Kier alpha value is -2.54. The lowest BCUT2D eigenvalue weighted by Gasteiger charge is -2.20. The number of anilines is 1. The maximum atomic E-state index is 11.1. The smallest absolute Gasteiger partial charge is 0.246 e. The molecule has 1 amide bonds. The molecule has 4 heteroatoms. The first-order valence-corrected chi connectivity index (χ1v) is 5.16. The minimum atomic E-state index is -0.409. The summed E-state index contributed by atoms with van der Waals surface area (Å²) >= 11 is 0. The van der Waals surface area contributed by atoms with Crippen LogP contribution < -0.4 is 10.6 Å². The van der Waals surface area contributed by atoms with E-state index in [9.17, 15) is 4.79 Å². The molecule has 0 aliphatic carbocycles. The first-order chi connectivity index (χ1) is 8.20. The van der Waals surface area contributed by atoms with Crippen LogP contribution in [0, 0.1) is 11.3 Å². The molecular formula is C13H11N3O. The topological polar surface area (TPSA) is 70.1 Å². The van der Waals surface area contributed by atoms with Crippen molar-refractivity contribution >= 4 is 11.6 Å². The summed E-state index contributed by atoms with van der Waals surface area (Å²) in [6.45, 7) is 0. The first-order valence-electron chi connectivity index (χ1n) is 5.16. The molecule has 0 saturated carbocycles. The highest BCUT2D eigenvalue weighted by Gasteiger charge is 2.10. The molecule has 1 aliphatic heterocycles. The summed E-state index contributed by atoms with van der Waals surface area (Å²) in [5.41, 5.74) is 7.30. The molecule has 0 saturated heterocycles. The zero-order chi connectivity index (χ0) is 12.3. The van der Waals surface area contributed by atoms with Gasteiger partial charge in [0.15, 0.2) is 0 Å². The quantitative estimate of drug-likeness (QED) is 0.831. The second-order valence-corrected chi connectivity index (χ2v) is 3.67. The average molecular weight is 225 g/mol. The van der Waals surface area contributed by atoms with Crippen molar-refractivity contribution in [1.29, 1.82) is 5.26 Å². The highest BCUT2D eigenvalue weighted by molar-refractivity contribution is 5.93. The Morgan fingerprint density at radius 1 is 1.35 bits per heavy atom. The zero-order valence-corrected chi connectivity index (χ0v) is 9.13. The van der Waals surface area contributed by atoms with Crippen LogP contribution in [0.3, 0.4) is 0 Å². The van der Waals surface area contributed by atoms with Crippen LogP contribution in [0.4, 0.5) is 5.69 Å². The molecule has 2 rings (SSSR count). The second kappa shape index (κ2) is 4.54. The first kappa shape index (κ1) is 11.0. The van der Waals surface area contributed by atoms with E-state index in [0.29, 0.717) is 17.6 Å². The van der Waals surface area contributed by atoms with Gasteiger partial charge in [0.25, 0.3) is 0 Å². The summed E-state index contributed by atoms with van der Waals surface area (Å²) in [6, 6.07) is 9.17. The lowest BCUT2D eigenvalue weighted by molar-refractivity contribution is -0.114. The van der Waals surface area contributed by atoms with Gasteiger partial charge in [-0.2, -0.15) is 5.26 Å². The Labute approximate surface area is 99.3 Å². The summed E-state index contributed by atoms with van der Waals surface area (Å²) in [4.78, 5) is 12.9. The molecule has 1 aromatic rings. The molecule has 0 radical (unpaired) electrons. The van der Waals surface area contributed by atoms with E-state index in [1.54, 1.807) is 18.3 Å². The molecule has 1 aromatic carbocycles. The number of hydrogen-bond acceptors (Lipinski definition) is 3. The van der Waals surface area contributed by atoms with Crippen molar-refractivity contribution in [2.45, 2.75) is 6.42 Å². The van der Waals surface area contributed by atoms with Crippen LogP contribution in [-0.4, -0.2) is 5.91 Å². The number of benzene rings is 1. The molecule has 1 heterocycles. The van der Waals surface area contributed by atoms with Gasteiger partial charge in [0.05, 0.1) is 11.6 Å². The number of nitrogens with two attached hydrogens (primary N) is 1. The van der Waals surface area contributed by atoms with Crippen molar-refractivity contribution in [2.24, 2.45) is 5.73 Å². The van der Waals surface area contributed by atoms with Gasteiger partial charge < -0.3 is 10.6 Å². The molecule has 0 spiro atoms. The molecule has 0 fully saturated rings. The summed E-state index contributed by atoms with van der Waals surface area (Å²) < 4.78 is 0. The Morgan fingerprint density at radius 2 is 2.06 bits per heavy atom. The van der Waals surface area contributed by atoms with E-state index in [0.717, 1.165) is 5.69 Å². The molecule has 2 N–H and O–H groups in total. The SMILES string of the molecule is N#Cc1ccc(N2C=CCC(C(N)=O)=C2)cc1. The van der Waals surface area contributed by atoms with Gasteiger partial charge in [0.1, 0.15) is 0 Å². The van der Waals surface area contributed by atoms with Crippen LogP contribution in [-0.2, 0) is 4.79 Å². The summed E-state index contributed by atoms with van der Waals surface area (Å²) in [6.07, 6.45) is 6.01. The molecule has 0 bridgehead atoms. The molecule has 0 aromatic heterocycles. The van der Waals surface area contributed by atoms with Crippen molar-refractivity contribution in [3.8, 4) is 6.07 Å². The number of primary amides is 1. The van der Waals surface area contributed by atoms with Gasteiger partial charge in [-0.3, -0.25) is 4.79 Å². The van der Waals surface area contributed by atoms with E-state index in [1.165, 1.54) is 0 Å². The van der Waals surface area contributed by atoms with Crippen molar-refractivity contribution < 1.29 is 4.79 Å². The fraction of sp³-hybridized carbons (Fsp3) is 0.0769. The van der Waals surface area contributed by atoms with Crippen molar-refractivity contribution in [3.63, 3.8) is 0 Å². The Balaban J connectivity index is 2.27. The van der Waals surface area contributed by atoms with Crippen molar-refractivity contribution in [1.82, 2.24) is 0 Å². The van der Waals surface area contributed by atoms with Crippen molar-refractivity contribution in [2.75, 3.05) is 4.90 Å². The summed E-state index contributed by atoms with van der Waals surface area (Å²) in [5.74, 6) is -0.409. The molecule has 1 aliphatic rings. The highest BCUT2D eigenvalue weighted by atomic mass is 16.1. The molecule has 17 heavy (non-hydrogen) atoms. The predicted octanol–water partition coefficient (Wildman–Crippen LogP) is 1.65. The van der Waals surface area contributed by atoms with E-state index < -0.39 is 5.91 Å². The minimum absolute atomic E-state index is 0.409. The van der Waals surface area contributed by atoms with Crippen molar-refractivity contribution in [3.05, 3.63) is 53.9 Å². The number of allylic oxidation sites excluding steroid dienone is 1. The predicted molar refractivity (Wildman–Crippen MR) is 64.7 cm³/mol. The number of amides is 1. The van der Waals surface area contributed by atoms with Crippen LogP contribution >= 0.6 is 0 Å². The highest BCUT2D eigenvalue weighted by Crippen LogP contribution is 2.21.